The number of halogens is 3. The first-order valence-electron chi connectivity index (χ1n) is 6.29. The molecule has 0 saturated carbocycles. The number of ether oxygens (including phenoxy) is 1. The highest BCUT2D eigenvalue weighted by atomic mass is 19.4. The lowest BCUT2D eigenvalue weighted by atomic mass is 10.1. The van der Waals surface area contributed by atoms with Gasteiger partial charge in [0.15, 0.2) is 0 Å². The summed E-state index contributed by atoms with van der Waals surface area (Å²) in [5.41, 5.74) is -0.801. The molecule has 20 heavy (non-hydrogen) atoms. The zero-order chi connectivity index (χ0) is 15.2. The molecule has 1 atom stereocenters. The van der Waals surface area contributed by atoms with Gasteiger partial charge in [-0.15, -0.1) is 0 Å². The van der Waals surface area contributed by atoms with E-state index >= 15 is 0 Å². The van der Waals surface area contributed by atoms with Gasteiger partial charge in [0.05, 0.1) is 23.8 Å². The molecule has 6 heteroatoms. The third-order valence-corrected chi connectivity index (χ3v) is 2.82. The molecule has 1 unspecified atom stereocenters. The van der Waals surface area contributed by atoms with Crippen LogP contribution in [0.5, 0.6) is 0 Å². The highest BCUT2D eigenvalue weighted by molar-refractivity contribution is 5.54. The summed E-state index contributed by atoms with van der Waals surface area (Å²) in [4.78, 5) is 0. The monoisotopic (exact) mass is 286 g/mol. The minimum atomic E-state index is -4.51. The van der Waals surface area contributed by atoms with E-state index in [1.807, 2.05) is 6.92 Å². The van der Waals surface area contributed by atoms with Crippen LogP contribution in [0, 0.1) is 11.3 Å². The second-order valence-electron chi connectivity index (χ2n) is 4.46. The van der Waals surface area contributed by atoms with E-state index in [1.165, 1.54) is 12.1 Å². The molecule has 3 nitrogen and oxygen atoms in total. The summed E-state index contributed by atoms with van der Waals surface area (Å²) in [6, 6.07) is 5.08. The summed E-state index contributed by atoms with van der Waals surface area (Å²) >= 11 is 0. The van der Waals surface area contributed by atoms with E-state index in [0.717, 1.165) is 18.9 Å². The van der Waals surface area contributed by atoms with E-state index < -0.39 is 11.7 Å². The van der Waals surface area contributed by atoms with Crippen LogP contribution in [0.25, 0.3) is 0 Å². The first-order chi connectivity index (χ1) is 9.42. The summed E-state index contributed by atoms with van der Waals surface area (Å²) in [7, 11) is 1.57. The molecule has 0 aliphatic carbocycles. The lowest BCUT2D eigenvalue weighted by Gasteiger charge is -2.19. The van der Waals surface area contributed by atoms with Gasteiger partial charge < -0.3 is 10.1 Å². The lowest BCUT2D eigenvalue weighted by molar-refractivity contribution is -0.137. The number of nitriles is 1. The Morgan fingerprint density at radius 3 is 2.60 bits per heavy atom. The fourth-order valence-corrected chi connectivity index (χ4v) is 1.96. The van der Waals surface area contributed by atoms with Crippen molar-refractivity contribution in [2.24, 2.45) is 0 Å². The van der Waals surface area contributed by atoms with Gasteiger partial charge in [0, 0.05) is 18.8 Å². The number of hydrogen-bond donors (Lipinski definition) is 1. The van der Waals surface area contributed by atoms with Crippen molar-refractivity contribution in [1.82, 2.24) is 0 Å². The van der Waals surface area contributed by atoms with Gasteiger partial charge in [-0.1, -0.05) is 13.3 Å². The van der Waals surface area contributed by atoms with Crippen molar-refractivity contribution < 1.29 is 17.9 Å². The Labute approximate surface area is 116 Å². The number of benzene rings is 1. The molecular weight excluding hydrogens is 269 g/mol. The van der Waals surface area contributed by atoms with Gasteiger partial charge in [-0.2, -0.15) is 18.4 Å². The van der Waals surface area contributed by atoms with Crippen LogP contribution < -0.4 is 5.32 Å². The zero-order valence-corrected chi connectivity index (χ0v) is 11.4. The smallest absolute Gasteiger partial charge is 0.383 e. The largest absolute Gasteiger partial charge is 0.417 e. The second-order valence-corrected chi connectivity index (χ2v) is 4.46. The Hall–Kier alpha value is -1.74. The Bertz CT molecular complexity index is 474. The average Bonchev–Trinajstić information content (AvgIpc) is 2.38. The molecule has 0 aromatic heterocycles. The quantitative estimate of drug-likeness (QED) is 0.865. The number of anilines is 1. The number of alkyl halides is 3. The molecule has 1 N–H and O–H groups in total. The lowest BCUT2D eigenvalue weighted by Crippen LogP contribution is -2.24. The average molecular weight is 286 g/mol. The highest BCUT2D eigenvalue weighted by Gasteiger charge is 2.33. The van der Waals surface area contributed by atoms with E-state index in [-0.39, 0.29) is 11.6 Å². The van der Waals surface area contributed by atoms with Crippen molar-refractivity contribution in [1.29, 1.82) is 5.26 Å². The third-order valence-electron chi connectivity index (χ3n) is 2.82. The molecule has 0 saturated heterocycles. The number of rotatable bonds is 6. The van der Waals surface area contributed by atoms with Crippen LogP contribution in [-0.2, 0) is 10.9 Å². The molecule has 0 aliphatic heterocycles. The van der Waals surface area contributed by atoms with Crippen LogP contribution in [0.4, 0.5) is 18.9 Å². The molecule has 110 valence electrons. The van der Waals surface area contributed by atoms with Gasteiger partial charge in [-0.25, -0.2) is 0 Å². The van der Waals surface area contributed by atoms with Gasteiger partial charge in [-0.3, -0.25) is 0 Å². The molecule has 0 radical (unpaired) electrons. The maximum Gasteiger partial charge on any atom is 0.417 e. The fraction of sp³-hybridized carbons (Fsp3) is 0.500. The summed E-state index contributed by atoms with van der Waals surface area (Å²) in [5.74, 6) is 0. The third kappa shape index (κ3) is 4.42. The van der Waals surface area contributed by atoms with E-state index in [1.54, 1.807) is 13.2 Å². The van der Waals surface area contributed by atoms with Crippen LogP contribution in [0.3, 0.4) is 0 Å². The summed E-state index contributed by atoms with van der Waals surface area (Å²) in [6.45, 7) is 2.47. The number of hydrogen-bond acceptors (Lipinski definition) is 3. The molecule has 0 fully saturated rings. The van der Waals surface area contributed by atoms with Crippen LogP contribution in [-0.4, -0.2) is 19.8 Å². The first-order valence-corrected chi connectivity index (χ1v) is 6.29. The Morgan fingerprint density at radius 2 is 2.10 bits per heavy atom. The fourth-order valence-electron chi connectivity index (χ4n) is 1.96. The number of nitrogens with zero attached hydrogens (tertiary/aromatic N) is 1. The topological polar surface area (TPSA) is 45.0 Å². The predicted molar refractivity (Wildman–Crippen MR) is 70.4 cm³/mol. The van der Waals surface area contributed by atoms with Crippen LogP contribution in [0.15, 0.2) is 18.2 Å². The maximum absolute atomic E-state index is 12.7. The SMILES string of the molecule is CCCC(COC)Nc1ccc(C(F)(F)F)c(C#N)c1. The summed E-state index contributed by atoms with van der Waals surface area (Å²) in [5, 5.41) is 11.9. The number of nitrogens with one attached hydrogen (secondary N) is 1. The maximum atomic E-state index is 12.7. The van der Waals surface area contributed by atoms with Crippen molar-refractivity contribution in [3.8, 4) is 6.07 Å². The van der Waals surface area contributed by atoms with Gasteiger partial charge in [0.25, 0.3) is 0 Å². The van der Waals surface area contributed by atoms with Crippen LogP contribution >= 0.6 is 0 Å². The van der Waals surface area contributed by atoms with Crippen molar-refractivity contribution in [2.45, 2.75) is 32.0 Å². The Balaban J connectivity index is 2.96. The summed E-state index contributed by atoms with van der Waals surface area (Å²) < 4.78 is 43.1. The van der Waals surface area contributed by atoms with Gasteiger partial charge in [0.1, 0.15) is 0 Å². The number of methoxy groups -OCH3 is 1. The standard InChI is InChI=1S/C14H17F3N2O/c1-3-4-12(9-20-2)19-11-5-6-13(14(15,16)17)10(7-11)8-18/h5-7,12,19H,3-4,9H2,1-2H3. The van der Waals surface area contributed by atoms with E-state index in [4.69, 9.17) is 10.00 Å². The Morgan fingerprint density at radius 1 is 1.40 bits per heavy atom. The molecule has 0 spiro atoms. The van der Waals surface area contributed by atoms with Crippen molar-refractivity contribution >= 4 is 5.69 Å². The molecule has 1 aromatic carbocycles. The molecule has 0 heterocycles. The highest BCUT2D eigenvalue weighted by Crippen LogP contribution is 2.33. The minimum Gasteiger partial charge on any atom is -0.383 e. The molecule has 1 rings (SSSR count). The zero-order valence-electron chi connectivity index (χ0n) is 11.4. The van der Waals surface area contributed by atoms with Gasteiger partial charge in [0.2, 0.25) is 0 Å². The molecular formula is C14H17F3N2O. The minimum absolute atomic E-state index is 0.00767. The van der Waals surface area contributed by atoms with E-state index in [9.17, 15) is 13.2 Å². The summed E-state index contributed by atoms with van der Waals surface area (Å²) in [6.07, 6.45) is -2.76. The van der Waals surface area contributed by atoms with Crippen LogP contribution in [0.1, 0.15) is 30.9 Å². The molecule has 0 aliphatic rings. The molecule has 0 amide bonds. The molecule has 0 bridgehead atoms. The predicted octanol–water partition coefficient (Wildman–Crippen LogP) is 3.80. The molecule has 1 aromatic rings. The van der Waals surface area contributed by atoms with E-state index in [0.29, 0.717) is 12.3 Å². The van der Waals surface area contributed by atoms with Crippen molar-refractivity contribution in [3.63, 3.8) is 0 Å². The van der Waals surface area contributed by atoms with Crippen LogP contribution in [0.2, 0.25) is 0 Å². The van der Waals surface area contributed by atoms with E-state index in [2.05, 4.69) is 5.32 Å². The Kier molecular flexibility index (Phi) is 5.83. The van der Waals surface area contributed by atoms with Gasteiger partial charge in [-0.05, 0) is 24.6 Å². The first kappa shape index (κ1) is 16.3. The van der Waals surface area contributed by atoms with Crippen molar-refractivity contribution in [3.05, 3.63) is 29.3 Å². The van der Waals surface area contributed by atoms with Crippen molar-refractivity contribution in [2.75, 3.05) is 19.0 Å². The normalized spacial score (nSPS) is 12.8. The van der Waals surface area contributed by atoms with Gasteiger partial charge >= 0.3 is 6.18 Å². The second kappa shape index (κ2) is 7.15.